The van der Waals surface area contributed by atoms with Gasteiger partial charge in [0.25, 0.3) is 0 Å². The molecule has 3 fully saturated rings. The van der Waals surface area contributed by atoms with Crippen LogP contribution in [-0.2, 0) is 32.9 Å². The molecule has 1 saturated heterocycles. The van der Waals surface area contributed by atoms with Crippen LogP contribution in [0.2, 0.25) is 0 Å². The normalized spacial score (nSPS) is 14.4. The van der Waals surface area contributed by atoms with Gasteiger partial charge in [0, 0.05) is 63.0 Å². The third-order valence-corrected chi connectivity index (χ3v) is 11.7. The SMILES string of the molecule is C1CCCC1.C1CCCC1.CCC(Cc1ccccc1)(C(=O)c1ccc(N2CCOCC2)cc1)N(C)C.Fc1[c-]c(F)c(-n2cccc2)cc1.Fc1[c-]c(F)c(-n2cccc2)cc1.[3H][B][B].[CH3-].[CH3-].[Ti+4]. The Hall–Kier alpha value is -4.61. The van der Waals surface area contributed by atoms with Gasteiger partial charge in [-0.2, -0.15) is 0 Å². The third kappa shape index (κ3) is 19.4. The molecule has 4 aromatic carbocycles. The molecule has 2 aromatic heterocycles. The average Bonchev–Trinajstić information content (AvgIpc) is 4.20. The molecule has 359 valence electrons. The first-order valence-corrected chi connectivity index (χ1v) is 22.6. The van der Waals surface area contributed by atoms with Gasteiger partial charge in [0.15, 0.2) is 5.78 Å². The molecule has 2 aliphatic carbocycles. The first-order valence-electron chi connectivity index (χ1n) is 23.2. The van der Waals surface area contributed by atoms with Crippen LogP contribution in [0.1, 0.15) is 93.5 Å². The quantitative estimate of drug-likeness (QED) is 0.0627. The zero-order valence-corrected chi connectivity index (χ0v) is 42.3. The number of carbonyl (C=O) groups is 1. The van der Waals surface area contributed by atoms with Gasteiger partial charge in [-0.05, 0) is 119 Å². The predicted molar refractivity (Wildman–Crippen MR) is 272 cm³/mol. The van der Waals surface area contributed by atoms with Crippen molar-refractivity contribution >= 4 is 26.9 Å². The summed E-state index contributed by atoms with van der Waals surface area (Å²) < 4.78 is 65.6. The van der Waals surface area contributed by atoms with Crippen molar-refractivity contribution in [2.24, 2.45) is 0 Å². The Bertz CT molecular complexity index is 2120. The monoisotopic (exact) mass is 966 g/mol. The van der Waals surface area contributed by atoms with Gasteiger partial charge < -0.3 is 33.6 Å². The van der Waals surface area contributed by atoms with Crippen LogP contribution in [0.15, 0.2) is 128 Å². The van der Waals surface area contributed by atoms with Gasteiger partial charge >= 0.3 is 21.7 Å². The second kappa shape index (κ2) is 33.8. The number of benzene rings is 4. The number of Topliss-reactive ketones (excluding diaryl/α,β-unsaturated/α-hetero) is 1. The van der Waals surface area contributed by atoms with Crippen molar-refractivity contribution in [1.82, 2.24) is 14.0 Å². The Balaban J connectivity index is 0.000000475. The maximum Gasteiger partial charge on any atom is 4.00 e. The number of ether oxygens (including phenoxy) is 1. The fourth-order valence-electron chi connectivity index (χ4n) is 7.92. The van der Waals surface area contributed by atoms with E-state index in [1.807, 2.05) is 56.6 Å². The van der Waals surface area contributed by atoms with E-state index in [1.54, 1.807) is 58.2 Å². The third-order valence-electron chi connectivity index (χ3n) is 11.7. The fraction of sp³-hybridized carbons (Fsp3) is 0.364. The van der Waals surface area contributed by atoms with Crippen molar-refractivity contribution in [2.75, 3.05) is 45.3 Å². The van der Waals surface area contributed by atoms with E-state index >= 15 is 0 Å². The molecular formula is C55H69B2F4N4O2Ti. The van der Waals surface area contributed by atoms with Crippen molar-refractivity contribution in [3.05, 3.63) is 189 Å². The number of anilines is 1. The van der Waals surface area contributed by atoms with Crippen LogP contribution in [0.3, 0.4) is 0 Å². The number of rotatable bonds is 9. The Kier molecular flexibility index (Phi) is 29.6. The molecule has 3 radical (unpaired) electrons. The van der Waals surface area contributed by atoms with Gasteiger partial charge in [-0.3, -0.25) is 9.69 Å². The number of halogens is 4. The van der Waals surface area contributed by atoms with Crippen LogP contribution in [0.4, 0.5) is 23.2 Å². The van der Waals surface area contributed by atoms with Gasteiger partial charge in [0.2, 0.25) is 0 Å². The molecule has 0 spiro atoms. The Morgan fingerprint density at radius 3 is 1.43 bits per heavy atom. The summed E-state index contributed by atoms with van der Waals surface area (Å²) in [5, 5.41) is 0. The van der Waals surface area contributed by atoms with Crippen molar-refractivity contribution in [3.8, 4) is 11.4 Å². The first-order chi connectivity index (χ1) is 32.0. The van der Waals surface area contributed by atoms with Crippen LogP contribution in [-0.4, -0.2) is 82.5 Å². The minimum Gasteiger partial charge on any atom is -0.378 e. The van der Waals surface area contributed by atoms with E-state index in [1.165, 1.54) is 94.0 Å². The molecule has 6 aromatic rings. The first kappa shape index (κ1) is 59.5. The number of likely N-dealkylation sites (N-methyl/N-ethyl adjacent to an activating group) is 1. The maximum absolute atomic E-state index is 13.6. The molecule has 2 saturated carbocycles. The largest absolute Gasteiger partial charge is 4.00 e. The molecule has 0 amide bonds. The molecule has 6 nitrogen and oxygen atoms in total. The fourth-order valence-corrected chi connectivity index (χ4v) is 7.92. The molecule has 68 heavy (non-hydrogen) atoms. The van der Waals surface area contributed by atoms with Crippen molar-refractivity contribution in [1.29, 1.82) is 1.34 Å². The number of morpholine rings is 1. The minimum atomic E-state index is -0.687. The second-order valence-corrected chi connectivity index (χ2v) is 16.1. The second-order valence-electron chi connectivity index (χ2n) is 16.1. The molecule has 13 heteroatoms. The molecule has 1 aliphatic heterocycles. The van der Waals surface area contributed by atoms with E-state index in [0.29, 0.717) is 17.8 Å². The number of ketones is 1. The zero-order valence-electron chi connectivity index (χ0n) is 41.7. The molecule has 3 aliphatic rings. The van der Waals surface area contributed by atoms with Crippen molar-refractivity contribution in [2.45, 2.75) is 89.5 Å². The number of carbonyl (C=O) groups excluding carboxylic acids is 1. The summed E-state index contributed by atoms with van der Waals surface area (Å²) in [6.45, 7) is 5.42. The van der Waals surface area contributed by atoms with Gasteiger partial charge in [-0.25, -0.2) is 17.6 Å². The summed E-state index contributed by atoms with van der Waals surface area (Å²) >= 11 is 0. The summed E-state index contributed by atoms with van der Waals surface area (Å²) in [5.41, 5.74) is 3.18. The van der Waals surface area contributed by atoms with E-state index in [4.69, 9.17) is 6.07 Å². The Labute approximate surface area is 424 Å². The summed E-state index contributed by atoms with van der Waals surface area (Å²) in [5.74, 6) is -2.55. The molecule has 0 N–H and O–H groups in total. The van der Waals surface area contributed by atoms with Crippen LogP contribution in [0, 0.1) is 50.3 Å². The van der Waals surface area contributed by atoms with Gasteiger partial charge in [-0.1, -0.05) is 101 Å². The van der Waals surface area contributed by atoms with E-state index in [-0.39, 0.29) is 42.4 Å². The molecule has 9 rings (SSSR count). The maximum atomic E-state index is 13.6. The molecule has 1 atom stereocenters. The summed E-state index contributed by atoms with van der Waals surface area (Å²) in [6, 6.07) is 34.5. The van der Waals surface area contributed by atoms with E-state index in [0.717, 1.165) is 51.7 Å². The molecule has 0 bridgehead atoms. The summed E-state index contributed by atoms with van der Waals surface area (Å²) in [7, 11) is 9.15. The van der Waals surface area contributed by atoms with Crippen molar-refractivity contribution < 1.29 is 48.8 Å². The molecule has 3 heterocycles. The topological polar surface area (TPSA) is 42.6 Å². The van der Waals surface area contributed by atoms with Crippen LogP contribution >= 0.6 is 0 Å². The van der Waals surface area contributed by atoms with Gasteiger partial charge in [0.1, 0.15) is 0 Å². The van der Waals surface area contributed by atoms with Crippen molar-refractivity contribution in [3.63, 3.8) is 0 Å². The number of aromatic nitrogens is 2. The number of hydrogen-bond donors (Lipinski definition) is 0. The smallest absolute Gasteiger partial charge is 0.378 e. The standard InChI is InChI=1S/C23H30N2O2.2C10H6F2N.2C5H10.2CH3.B2H.Ti/c1-4-23(24(2)3,18-19-8-6-5-7-9-19)22(26)20-10-12-21(13-11-20)25-14-16-27-17-15-25;2*11-8-3-4-10(9(12)7-8)13-5-1-2-6-13;2*1-2-4-5-3-1;;;1-2;/h5-13H,4,14-18H2,1-3H3;2*1-6H;2*1-5H2;2*1H3;1H;/q;2*-1;;;2*-1;;+4/i;;;;;;;1T;. The number of hydrogen-bond acceptors (Lipinski definition) is 4. The van der Waals surface area contributed by atoms with Gasteiger partial charge in [0.05, 0.1) is 18.8 Å². The average molecular weight is 966 g/mol. The van der Waals surface area contributed by atoms with Crippen LogP contribution in [0.5, 0.6) is 0 Å². The minimum absolute atomic E-state index is 0. The van der Waals surface area contributed by atoms with E-state index < -0.39 is 28.8 Å². The zero-order chi connectivity index (χ0) is 47.6. The Morgan fingerprint density at radius 1 is 0.676 bits per heavy atom. The molecular weight excluding hydrogens is 894 g/mol. The molecule has 1 unspecified atom stereocenters. The summed E-state index contributed by atoms with van der Waals surface area (Å²) in [6.07, 6.45) is 23.2. The summed E-state index contributed by atoms with van der Waals surface area (Å²) in [4.78, 5) is 17.9. The van der Waals surface area contributed by atoms with Crippen LogP contribution in [0.25, 0.3) is 11.4 Å². The Morgan fingerprint density at radius 2 is 1.07 bits per heavy atom. The van der Waals surface area contributed by atoms with E-state index in [9.17, 15) is 22.4 Å². The number of nitrogens with zero attached hydrogens (tertiary/aromatic N) is 4. The van der Waals surface area contributed by atoms with E-state index in [2.05, 4.69) is 48.7 Å². The van der Waals surface area contributed by atoms with Crippen LogP contribution < -0.4 is 4.90 Å². The predicted octanol–water partition coefficient (Wildman–Crippen LogP) is 12.5. The van der Waals surface area contributed by atoms with Gasteiger partial charge in [-0.15, -0.1) is 36.4 Å².